The van der Waals surface area contributed by atoms with Crippen LogP contribution in [0.1, 0.15) is 22.3 Å². The standard InChI is InChI=1S/C26H23NS2/c1-17-14-15-22-23(16-17)27-19(3)26(25(22)21-11-6-5-7-12-21)29-20(4)28-24-13-9-8-10-18(24)2/h5-16,27H,3-4H2,1-2H3. The Bertz CT molecular complexity index is 1130. The quantitative estimate of drug-likeness (QED) is 0.426. The van der Waals surface area contributed by atoms with E-state index in [1.165, 1.54) is 32.7 Å². The molecule has 3 aromatic carbocycles. The van der Waals surface area contributed by atoms with Crippen LogP contribution in [0.3, 0.4) is 0 Å². The summed E-state index contributed by atoms with van der Waals surface area (Å²) in [4.78, 5) is 2.36. The number of hydrogen-bond acceptors (Lipinski definition) is 3. The van der Waals surface area contributed by atoms with Gasteiger partial charge >= 0.3 is 0 Å². The second kappa shape index (κ2) is 8.40. The monoisotopic (exact) mass is 413 g/mol. The highest BCUT2D eigenvalue weighted by Gasteiger charge is 2.24. The zero-order chi connectivity index (χ0) is 20.4. The van der Waals surface area contributed by atoms with Crippen molar-refractivity contribution in [1.29, 1.82) is 0 Å². The van der Waals surface area contributed by atoms with Gasteiger partial charge in [-0.3, -0.25) is 0 Å². The van der Waals surface area contributed by atoms with Crippen molar-refractivity contribution in [1.82, 2.24) is 0 Å². The lowest BCUT2D eigenvalue weighted by atomic mass is 9.92. The predicted molar refractivity (Wildman–Crippen MR) is 130 cm³/mol. The lowest BCUT2D eigenvalue weighted by Gasteiger charge is -2.27. The van der Waals surface area contributed by atoms with Crippen molar-refractivity contribution in [2.75, 3.05) is 5.32 Å². The van der Waals surface area contributed by atoms with Gasteiger partial charge in [0.2, 0.25) is 0 Å². The lowest BCUT2D eigenvalue weighted by Crippen LogP contribution is -2.11. The van der Waals surface area contributed by atoms with Gasteiger partial charge in [0.25, 0.3) is 0 Å². The molecule has 0 unspecified atom stereocenters. The third-order valence-electron chi connectivity index (χ3n) is 4.83. The Morgan fingerprint density at radius 3 is 2.34 bits per heavy atom. The van der Waals surface area contributed by atoms with E-state index in [2.05, 4.69) is 105 Å². The number of thioether (sulfide) groups is 2. The number of anilines is 1. The number of aryl methyl sites for hydroxylation is 2. The molecule has 1 heterocycles. The summed E-state index contributed by atoms with van der Waals surface area (Å²) < 4.78 is 1.03. The second-order valence-electron chi connectivity index (χ2n) is 7.06. The molecule has 0 saturated heterocycles. The molecule has 4 rings (SSSR count). The number of fused-ring (bicyclic) bond motifs is 1. The summed E-state index contributed by atoms with van der Waals surface area (Å²) in [6.07, 6.45) is 0. The first-order valence-corrected chi connectivity index (χ1v) is 11.1. The molecule has 1 aliphatic heterocycles. The van der Waals surface area contributed by atoms with Crippen LogP contribution >= 0.6 is 23.5 Å². The SMILES string of the molecule is C=C(SC1=C(c2ccccc2)c2ccc(C)cc2NC1=C)Sc1ccccc1C. The van der Waals surface area contributed by atoms with E-state index < -0.39 is 0 Å². The Kier molecular flexibility index (Phi) is 5.70. The molecule has 0 saturated carbocycles. The minimum absolute atomic E-state index is 0.915. The van der Waals surface area contributed by atoms with E-state index in [4.69, 9.17) is 0 Å². The first kappa shape index (κ1) is 19.7. The molecular weight excluding hydrogens is 390 g/mol. The molecule has 1 nitrogen and oxygen atoms in total. The second-order valence-corrected chi connectivity index (χ2v) is 9.56. The number of benzene rings is 3. The summed E-state index contributed by atoms with van der Waals surface area (Å²) in [6.45, 7) is 12.9. The maximum absolute atomic E-state index is 4.34. The van der Waals surface area contributed by atoms with Crippen LogP contribution in [0.25, 0.3) is 5.57 Å². The van der Waals surface area contributed by atoms with E-state index in [0.29, 0.717) is 0 Å². The van der Waals surface area contributed by atoms with Gasteiger partial charge in [-0.1, -0.05) is 97.3 Å². The van der Waals surface area contributed by atoms with Crippen molar-refractivity contribution < 1.29 is 0 Å². The van der Waals surface area contributed by atoms with Crippen LogP contribution in [0.15, 0.2) is 106 Å². The van der Waals surface area contributed by atoms with Crippen molar-refractivity contribution in [3.63, 3.8) is 0 Å². The third-order valence-corrected chi connectivity index (χ3v) is 7.11. The Morgan fingerprint density at radius 1 is 0.862 bits per heavy atom. The van der Waals surface area contributed by atoms with Crippen molar-refractivity contribution in [3.8, 4) is 0 Å². The van der Waals surface area contributed by atoms with Crippen LogP contribution in [0, 0.1) is 13.8 Å². The Hall–Kier alpha value is -2.62. The van der Waals surface area contributed by atoms with Crippen molar-refractivity contribution >= 4 is 34.8 Å². The van der Waals surface area contributed by atoms with Crippen molar-refractivity contribution in [3.05, 3.63) is 123 Å². The molecule has 3 heteroatoms. The topological polar surface area (TPSA) is 12.0 Å². The third kappa shape index (κ3) is 4.21. The molecular formula is C26H23NS2. The summed E-state index contributed by atoms with van der Waals surface area (Å²) >= 11 is 3.40. The largest absolute Gasteiger partial charge is 0.355 e. The van der Waals surface area contributed by atoms with Gasteiger partial charge in [-0.25, -0.2) is 0 Å². The molecule has 29 heavy (non-hydrogen) atoms. The van der Waals surface area contributed by atoms with Crippen molar-refractivity contribution in [2.45, 2.75) is 18.7 Å². The first-order valence-electron chi connectivity index (χ1n) is 9.50. The molecule has 0 fully saturated rings. The average molecular weight is 414 g/mol. The summed E-state index contributed by atoms with van der Waals surface area (Å²) in [5, 5.41) is 3.51. The highest BCUT2D eigenvalue weighted by molar-refractivity contribution is 8.24. The molecule has 0 aliphatic carbocycles. The van der Waals surface area contributed by atoms with Crippen LogP contribution in [-0.4, -0.2) is 0 Å². The molecule has 1 N–H and O–H groups in total. The van der Waals surface area contributed by atoms with Gasteiger partial charge in [0.1, 0.15) is 0 Å². The predicted octanol–water partition coefficient (Wildman–Crippen LogP) is 8.00. The van der Waals surface area contributed by atoms with Gasteiger partial charge in [0.15, 0.2) is 0 Å². The number of rotatable bonds is 5. The Morgan fingerprint density at radius 2 is 1.59 bits per heavy atom. The smallest absolute Gasteiger partial charge is 0.0467 e. The van der Waals surface area contributed by atoms with E-state index in [0.717, 1.165) is 20.5 Å². The summed E-state index contributed by atoms with van der Waals surface area (Å²) in [7, 11) is 0. The van der Waals surface area contributed by atoms with Crippen LogP contribution in [0.4, 0.5) is 5.69 Å². The minimum Gasteiger partial charge on any atom is -0.355 e. The fourth-order valence-corrected chi connectivity index (χ4v) is 5.44. The zero-order valence-corrected chi connectivity index (χ0v) is 18.3. The van der Waals surface area contributed by atoms with Crippen molar-refractivity contribution in [2.24, 2.45) is 0 Å². The molecule has 144 valence electrons. The van der Waals surface area contributed by atoms with E-state index in [1.807, 2.05) is 0 Å². The molecule has 0 bridgehead atoms. The fourth-order valence-electron chi connectivity index (χ4n) is 3.40. The summed E-state index contributed by atoms with van der Waals surface area (Å²) in [6, 6.07) is 25.5. The van der Waals surface area contributed by atoms with Crippen LogP contribution in [0.2, 0.25) is 0 Å². The summed E-state index contributed by atoms with van der Waals surface area (Å²) in [5.41, 5.74) is 8.11. The van der Waals surface area contributed by atoms with Crippen LogP contribution in [-0.2, 0) is 0 Å². The van der Waals surface area contributed by atoms with Gasteiger partial charge in [0.05, 0.1) is 0 Å². The van der Waals surface area contributed by atoms with Gasteiger partial charge in [-0.05, 0) is 42.7 Å². The number of hydrogen-bond donors (Lipinski definition) is 1. The number of nitrogens with one attached hydrogen (secondary N) is 1. The highest BCUT2D eigenvalue weighted by Crippen LogP contribution is 2.48. The molecule has 0 amide bonds. The molecule has 0 radical (unpaired) electrons. The van der Waals surface area contributed by atoms with E-state index in [1.54, 1.807) is 23.5 Å². The van der Waals surface area contributed by atoms with Gasteiger partial charge in [-0.15, -0.1) is 0 Å². The van der Waals surface area contributed by atoms with Crippen LogP contribution < -0.4 is 5.32 Å². The Labute approximate surface area is 181 Å². The van der Waals surface area contributed by atoms with Crippen LogP contribution in [0.5, 0.6) is 0 Å². The van der Waals surface area contributed by atoms with E-state index >= 15 is 0 Å². The molecule has 0 aromatic heterocycles. The first-order chi connectivity index (χ1) is 14.0. The maximum atomic E-state index is 4.34. The zero-order valence-electron chi connectivity index (χ0n) is 16.7. The van der Waals surface area contributed by atoms with Gasteiger partial charge in [-0.2, -0.15) is 0 Å². The maximum Gasteiger partial charge on any atom is 0.0467 e. The molecule has 3 aromatic rings. The highest BCUT2D eigenvalue weighted by atomic mass is 32.2. The molecule has 1 aliphatic rings. The minimum atomic E-state index is 0.915. The molecule has 0 atom stereocenters. The van der Waals surface area contributed by atoms with Gasteiger partial charge in [0, 0.05) is 36.6 Å². The molecule has 0 spiro atoms. The van der Waals surface area contributed by atoms with E-state index in [-0.39, 0.29) is 0 Å². The van der Waals surface area contributed by atoms with E-state index in [9.17, 15) is 0 Å². The Balaban J connectivity index is 1.76. The average Bonchev–Trinajstić information content (AvgIpc) is 2.71. The normalized spacial score (nSPS) is 13.1. The lowest BCUT2D eigenvalue weighted by molar-refractivity contribution is 1.31. The summed E-state index contributed by atoms with van der Waals surface area (Å²) in [5.74, 6) is 0. The fraction of sp³-hybridized carbons (Fsp3) is 0.0769. The van der Waals surface area contributed by atoms with Gasteiger partial charge < -0.3 is 5.32 Å².